The van der Waals surface area contributed by atoms with E-state index in [1.807, 2.05) is 49.4 Å². The lowest BCUT2D eigenvalue weighted by Crippen LogP contribution is -2.45. The summed E-state index contributed by atoms with van der Waals surface area (Å²) in [6.07, 6.45) is 0. The standard InChI is InChI=1S/C16H17N3O2S/c1-12-7-9-13(10-8-12)17-16(22)19-18-15(20)11-21-14-5-3-2-4-6-14/h2-10H,11H2,1H3,(H,18,20)(H2,17,19,22). The van der Waals surface area contributed by atoms with Crippen molar-refractivity contribution in [3.63, 3.8) is 0 Å². The smallest absolute Gasteiger partial charge is 0.276 e. The van der Waals surface area contributed by atoms with E-state index in [-0.39, 0.29) is 12.5 Å². The number of para-hydroxylation sites is 1. The highest BCUT2D eigenvalue weighted by Crippen LogP contribution is 2.08. The Hall–Kier alpha value is -2.60. The minimum absolute atomic E-state index is 0.0931. The summed E-state index contributed by atoms with van der Waals surface area (Å²) in [5.41, 5.74) is 7.10. The van der Waals surface area contributed by atoms with Crippen LogP contribution in [0.3, 0.4) is 0 Å². The lowest BCUT2D eigenvalue weighted by Gasteiger charge is -2.12. The third-order valence-corrected chi connectivity index (χ3v) is 2.94. The number of ether oxygens (including phenoxy) is 1. The van der Waals surface area contributed by atoms with E-state index >= 15 is 0 Å². The van der Waals surface area contributed by atoms with E-state index in [1.54, 1.807) is 12.1 Å². The number of rotatable bonds is 4. The molecular formula is C16H17N3O2S. The van der Waals surface area contributed by atoms with Gasteiger partial charge in [0.2, 0.25) is 0 Å². The molecule has 2 aromatic rings. The van der Waals surface area contributed by atoms with Crippen LogP contribution in [-0.4, -0.2) is 17.6 Å². The van der Waals surface area contributed by atoms with E-state index in [1.165, 1.54) is 0 Å². The van der Waals surface area contributed by atoms with Gasteiger partial charge in [0.05, 0.1) is 0 Å². The lowest BCUT2D eigenvalue weighted by molar-refractivity contribution is -0.123. The minimum atomic E-state index is -0.322. The highest BCUT2D eigenvalue weighted by molar-refractivity contribution is 7.80. The van der Waals surface area contributed by atoms with Crippen LogP contribution in [0, 0.1) is 6.92 Å². The number of benzene rings is 2. The summed E-state index contributed by atoms with van der Waals surface area (Å²) in [6, 6.07) is 16.9. The number of carbonyl (C=O) groups is 1. The van der Waals surface area contributed by atoms with Gasteiger partial charge in [-0.2, -0.15) is 0 Å². The lowest BCUT2D eigenvalue weighted by atomic mass is 10.2. The van der Waals surface area contributed by atoms with Crippen molar-refractivity contribution >= 4 is 28.9 Å². The van der Waals surface area contributed by atoms with Gasteiger partial charge in [-0.15, -0.1) is 0 Å². The Morgan fingerprint density at radius 1 is 1.05 bits per heavy atom. The van der Waals surface area contributed by atoms with Gasteiger partial charge in [-0.25, -0.2) is 0 Å². The first kappa shape index (κ1) is 15.8. The van der Waals surface area contributed by atoms with Gasteiger partial charge in [0.25, 0.3) is 5.91 Å². The summed E-state index contributed by atoms with van der Waals surface area (Å²) in [5, 5.41) is 3.27. The second-order valence-corrected chi connectivity index (χ2v) is 5.00. The van der Waals surface area contributed by atoms with E-state index in [4.69, 9.17) is 17.0 Å². The molecule has 1 amide bonds. The van der Waals surface area contributed by atoms with Crippen molar-refractivity contribution in [3.05, 3.63) is 60.2 Å². The highest BCUT2D eigenvalue weighted by Gasteiger charge is 2.03. The zero-order valence-electron chi connectivity index (χ0n) is 12.1. The molecule has 2 rings (SSSR count). The maximum Gasteiger partial charge on any atom is 0.276 e. The highest BCUT2D eigenvalue weighted by atomic mass is 32.1. The first-order valence-electron chi connectivity index (χ1n) is 6.74. The summed E-state index contributed by atoms with van der Waals surface area (Å²) in [5.74, 6) is 0.315. The maximum atomic E-state index is 11.6. The average molecular weight is 315 g/mol. The van der Waals surface area contributed by atoms with Crippen molar-refractivity contribution in [3.8, 4) is 5.75 Å². The topological polar surface area (TPSA) is 62.4 Å². The summed E-state index contributed by atoms with van der Waals surface area (Å²) < 4.78 is 5.32. The number of nitrogens with one attached hydrogen (secondary N) is 3. The molecule has 3 N–H and O–H groups in total. The molecule has 0 saturated heterocycles. The van der Waals surface area contributed by atoms with Gasteiger partial charge in [0.1, 0.15) is 5.75 Å². The number of carbonyl (C=O) groups excluding carboxylic acids is 1. The fourth-order valence-electron chi connectivity index (χ4n) is 1.63. The average Bonchev–Trinajstić information content (AvgIpc) is 2.54. The van der Waals surface area contributed by atoms with Crippen molar-refractivity contribution in [2.24, 2.45) is 0 Å². The monoisotopic (exact) mass is 315 g/mol. The molecule has 0 unspecified atom stereocenters. The van der Waals surface area contributed by atoms with Crippen LogP contribution in [0.1, 0.15) is 5.56 Å². The van der Waals surface area contributed by atoms with Crippen LogP contribution in [-0.2, 0) is 4.79 Å². The van der Waals surface area contributed by atoms with Gasteiger partial charge in [-0.1, -0.05) is 35.9 Å². The number of hydrazine groups is 1. The normalized spacial score (nSPS) is 9.68. The third-order valence-electron chi connectivity index (χ3n) is 2.74. The van der Waals surface area contributed by atoms with Gasteiger partial charge in [0, 0.05) is 5.69 Å². The number of hydrogen-bond donors (Lipinski definition) is 3. The third kappa shape index (κ3) is 5.41. The van der Waals surface area contributed by atoms with Crippen LogP contribution in [0.4, 0.5) is 5.69 Å². The molecule has 0 aliphatic heterocycles. The van der Waals surface area contributed by atoms with E-state index < -0.39 is 0 Å². The Morgan fingerprint density at radius 2 is 1.73 bits per heavy atom. The zero-order chi connectivity index (χ0) is 15.8. The Labute approximate surface area is 134 Å². The molecule has 0 saturated carbocycles. The van der Waals surface area contributed by atoms with E-state index in [0.717, 1.165) is 11.3 Å². The van der Waals surface area contributed by atoms with Gasteiger partial charge in [-0.05, 0) is 43.4 Å². The molecule has 0 heterocycles. The molecule has 0 aliphatic rings. The number of amides is 1. The Balaban J connectivity index is 1.69. The number of thiocarbonyl (C=S) groups is 1. The van der Waals surface area contributed by atoms with E-state index in [9.17, 15) is 4.79 Å². The van der Waals surface area contributed by atoms with Crippen molar-refractivity contribution < 1.29 is 9.53 Å². The molecule has 114 valence electrons. The Bertz CT molecular complexity index is 630. The number of anilines is 1. The first-order valence-corrected chi connectivity index (χ1v) is 7.14. The molecule has 2 aromatic carbocycles. The molecule has 5 nitrogen and oxygen atoms in total. The van der Waals surface area contributed by atoms with Gasteiger partial charge in [0.15, 0.2) is 11.7 Å². The molecule has 0 aliphatic carbocycles. The van der Waals surface area contributed by atoms with E-state index in [0.29, 0.717) is 10.9 Å². The van der Waals surface area contributed by atoms with Crippen LogP contribution < -0.4 is 20.9 Å². The SMILES string of the molecule is Cc1ccc(NC(=S)NNC(=O)COc2ccccc2)cc1. The molecular weight excluding hydrogens is 298 g/mol. The second kappa shape index (κ2) is 7.99. The number of aryl methyl sites for hydroxylation is 1. The van der Waals surface area contributed by atoms with Gasteiger partial charge >= 0.3 is 0 Å². The second-order valence-electron chi connectivity index (χ2n) is 4.60. The fourth-order valence-corrected chi connectivity index (χ4v) is 1.80. The molecule has 0 fully saturated rings. The molecule has 22 heavy (non-hydrogen) atoms. The first-order chi connectivity index (χ1) is 10.6. The molecule has 0 aromatic heterocycles. The van der Waals surface area contributed by atoms with E-state index in [2.05, 4.69) is 16.2 Å². The quantitative estimate of drug-likeness (QED) is 0.597. The molecule has 0 radical (unpaired) electrons. The molecule has 0 bridgehead atoms. The van der Waals surface area contributed by atoms with Crippen LogP contribution in [0.15, 0.2) is 54.6 Å². The van der Waals surface area contributed by atoms with Crippen molar-refractivity contribution in [2.75, 3.05) is 11.9 Å². The molecule has 6 heteroatoms. The summed E-state index contributed by atoms with van der Waals surface area (Å²) >= 11 is 5.09. The van der Waals surface area contributed by atoms with Crippen LogP contribution in [0.25, 0.3) is 0 Å². The molecule has 0 atom stereocenters. The largest absolute Gasteiger partial charge is 0.484 e. The number of hydrogen-bond acceptors (Lipinski definition) is 3. The predicted molar refractivity (Wildman–Crippen MR) is 90.6 cm³/mol. The Kier molecular flexibility index (Phi) is 5.73. The van der Waals surface area contributed by atoms with Gasteiger partial charge < -0.3 is 10.1 Å². The van der Waals surface area contributed by atoms with Crippen molar-refractivity contribution in [2.45, 2.75) is 6.92 Å². The van der Waals surface area contributed by atoms with Crippen molar-refractivity contribution in [1.29, 1.82) is 0 Å². The van der Waals surface area contributed by atoms with Crippen LogP contribution in [0.5, 0.6) is 5.75 Å². The van der Waals surface area contributed by atoms with Crippen LogP contribution >= 0.6 is 12.2 Å². The maximum absolute atomic E-state index is 11.6. The predicted octanol–water partition coefficient (Wildman–Crippen LogP) is 2.39. The molecule has 0 spiro atoms. The Morgan fingerprint density at radius 3 is 2.41 bits per heavy atom. The summed E-state index contributed by atoms with van der Waals surface area (Å²) in [6.45, 7) is 1.91. The minimum Gasteiger partial charge on any atom is -0.484 e. The zero-order valence-corrected chi connectivity index (χ0v) is 12.9. The summed E-state index contributed by atoms with van der Waals surface area (Å²) in [7, 11) is 0. The fraction of sp³-hybridized carbons (Fsp3) is 0.125. The van der Waals surface area contributed by atoms with Crippen molar-refractivity contribution in [1.82, 2.24) is 10.9 Å². The van der Waals surface area contributed by atoms with Gasteiger partial charge in [-0.3, -0.25) is 15.6 Å². The van der Waals surface area contributed by atoms with Crippen LogP contribution in [0.2, 0.25) is 0 Å². The summed E-state index contributed by atoms with van der Waals surface area (Å²) in [4.78, 5) is 11.6.